The second-order valence-electron chi connectivity index (χ2n) is 6.15. The molecule has 0 radical (unpaired) electrons. The highest BCUT2D eigenvalue weighted by molar-refractivity contribution is 7.89. The number of aromatic nitrogens is 2. The largest absolute Gasteiger partial charge is 0.340 e. The highest BCUT2D eigenvalue weighted by Crippen LogP contribution is 2.23. The van der Waals surface area contributed by atoms with Crippen molar-refractivity contribution in [1.29, 1.82) is 0 Å². The van der Waals surface area contributed by atoms with Crippen LogP contribution >= 0.6 is 0 Å². The Balaban J connectivity index is 1.56. The van der Waals surface area contributed by atoms with Crippen molar-refractivity contribution >= 4 is 43.9 Å². The maximum atomic E-state index is 11.5. The molecule has 0 saturated carbocycles. The van der Waals surface area contributed by atoms with Crippen LogP contribution in [0.2, 0.25) is 0 Å². The van der Waals surface area contributed by atoms with Gasteiger partial charge in [0.25, 0.3) is 0 Å². The van der Waals surface area contributed by atoms with Crippen LogP contribution in [0.3, 0.4) is 0 Å². The fourth-order valence-electron chi connectivity index (χ4n) is 2.78. The molecule has 3 aromatic carbocycles. The highest BCUT2D eigenvalue weighted by atomic mass is 32.2. The van der Waals surface area contributed by atoms with E-state index >= 15 is 0 Å². The maximum absolute atomic E-state index is 11.5. The Bertz CT molecular complexity index is 1260. The second kappa shape index (κ2) is 7.26. The van der Waals surface area contributed by atoms with Crippen molar-refractivity contribution in [3.8, 4) is 0 Å². The number of primary sulfonamides is 1. The number of nitrogens with zero attached hydrogens (tertiary/aromatic N) is 2. The lowest BCUT2D eigenvalue weighted by molar-refractivity contribution is 0.598. The van der Waals surface area contributed by atoms with Crippen LogP contribution in [0.4, 0.5) is 23.1 Å². The summed E-state index contributed by atoms with van der Waals surface area (Å²) in [5, 5.41) is 13.7. The minimum atomic E-state index is -3.78. The molecule has 28 heavy (non-hydrogen) atoms. The van der Waals surface area contributed by atoms with Crippen LogP contribution in [0.15, 0.2) is 83.9 Å². The molecule has 0 unspecified atom stereocenters. The molecule has 0 aliphatic rings. The van der Waals surface area contributed by atoms with E-state index in [1.807, 2.05) is 36.4 Å². The Morgan fingerprint density at radius 3 is 2.39 bits per heavy atom. The topological polar surface area (TPSA) is 110 Å². The van der Waals surface area contributed by atoms with E-state index in [1.54, 1.807) is 24.4 Å². The van der Waals surface area contributed by atoms with Crippen LogP contribution < -0.4 is 15.8 Å². The zero-order valence-corrected chi connectivity index (χ0v) is 15.5. The van der Waals surface area contributed by atoms with Crippen molar-refractivity contribution in [3.05, 3.63) is 79.0 Å². The summed E-state index contributed by atoms with van der Waals surface area (Å²) in [5.41, 5.74) is 1.42. The fourth-order valence-corrected chi connectivity index (χ4v) is 3.34. The Kier molecular flexibility index (Phi) is 4.64. The molecule has 4 aromatic rings. The molecule has 0 bridgehead atoms. The Morgan fingerprint density at radius 2 is 1.57 bits per heavy atom. The summed E-state index contributed by atoms with van der Waals surface area (Å²) in [6.07, 6.45) is 1.61. The normalized spacial score (nSPS) is 11.3. The standard InChI is InChI=1S/C20H17N5O2S/c21-28(26,27)18-7-3-6-16(13-18)24-20-22-11-10-19(25-20)23-17-9-8-14-4-1-2-5-15(14)12-17/h1-13H,(H2,21,26,27)(H2,22,23,24,25). The van der Waals surface area contributed by atoms with Gasteiger partial charge in [-0.3, -0.25) is 0 Å². The first kappa shape index (κ1) is 17.9. The van der Waals surface area contributed by atoms with E-state index < -0.39 is 10.0 Å². The number of nitrogens with two attached hydrogens (primary N) is 1. The number of sulfonamides is 1. The van der Waals surface area contributed by atoms with Crippen LogP contribution in [0.25, 0.3) is 10.8 Å². The average molecular weight is 391 g/mol. The quantitative estimate of drug-likeness (QED) is 0.478. The Hall–Kier alpha value is -3.49. The molecular formula is C20H17N5O2S. The number of hydrogen-bond acceptors (Lipinski definition) is 6. The highest BCUT2D eigenvalue weighted by Gasteiger charge is 2.09. The molecule has 0 fully saturated rings. The van der Waals surface area contributed by atoms with Gasteiger partial charge in [0.15, 0.2) is 0 Å². The molecular weight excluding hydrogens is 374 g/mol. The molecule has 4 N–H and O–H groups in total. The molecule has 0 atom stereocenters. The van der Waals surface area contributed by atoms with Gasteiger partial charge in [-0.05, 0) is 47.2 Å². The average Bonchev–Trinajstić information content (AvgIpc) is 2.68. The van der Waals surface area contributed by atoms with Crippen molar-refractivity contribution in [2.24, 2.45) is 5.14 Å². The number of nitrogens with one attached hydrogen (secondary N) is 2. The lowest BCUT2D eigenvalue weighted by atomic mass is 10.1. The van der Waals surface area contributed by atoms with Crippen LogP contribution in [-0.4, -0.2) is 18.4 Å². The third kappa shape index (κ3) is 4.08. The molecule has 140 valence electrons. The van der Waals surface area contributed by atoms with Gasteiger partial charge in [0.2, 0.25) is 16.0 Å². The van der Waals surface area contributed by atoms with Crippen molar-refractivity contribution in [2.75, 3.05) is 10.6 Å². The smallest absolute Gasteiger partial charge is 0.238 e. The second-order valence-corrected chi connectivity index (χ2v) is 7.71. The first-order valence-electron chi connectivity index (χ1n) is 8.46. The minimum absolute atomic E-state index is 0.0166. The van der Waals surface area contributed by atoms with Crippen LogP contribution in [0.5, 0.6) is 0 Å². The SMILES string of the molecule is NS(=O)(=O)c1cccc(Nc2nccc(Nc3ccc4ccccc4c3)n2)c1. The monoisotopic (exact) mass is 391 g/mol. The Morgan fingerprint density at radius 1 is 0.786 bits per heavy atom. The van der Waals surface area contributed by atoms with Gasteiger partial charge >= 0.3 is 0 Å². The maximum Gasteiger partial charge on any atom is 0.238 e. The number of hydrogen-bond donors (Lipinski definition) is 3. The van der Waals surface area contributed by atoms with E-state index in [9.17, 15) is 8.42 Å². The van der Waals surface area contributed by atoms with Crippen molar-refractivity contribution < 1.29 is 8.42 Å². The molecule has 1 heterocycles. The van der Waals surface area contributed by atoms with E-state index in [1.165, 1.54) is 12.1 Å². The van der Waals surface area contributed by atoms with Crippen molar-refractivity contribution in [1.82, 2.24) is 9.97 Å². The van der Waals surface area contributed by atoms with Gasteiger partial charge in [-0.25, -0.2) is 18.5 Å². The number of rotatable bonds is 5. The van der Waals surface area contributed by atoms with Crippen molar-refractivity contribution in [3.63, 3.8) is 0 Å². The minimum Gasteiger partial charge on any atom is -0.340 e. The zero-order valence-electron chi connectivity index (χ0n) is 14.7. The molecule has 0 amide bonds. The zero-order chi connectivity index (χ0) is 19.6. The first-order valence-corrected chi connectivity index (χ1v) is 10.0. The first-order chi connectivity index (χ1) is 13.5. The van der Waals surface area contributed by atoms with Gasteiger partial charge in [0.1, 0.15) is 5.82 Å². The molecule has 7 nitrogen and oxygen atoms in total. The van der Waals surface area contributed by atoms with E-state index in [-0.39, 0.29) is 4.90 Å². The van der Waals surface area contributed by atoms with E-state index in [2.05, 4.69) is 26.7 Å². The summed E-state index contributed by atoms with van der Waals surface area (Å²) in [4.78, 5) is 8.61. The van der Waals surface area contributed by atoms with E-state index in [0.29, 0.717) is 17.5 Å². The predicted octanol–water partition coefficient (Wildman–Crippen LogP) is 3.76. The van der Waals surface area contributed by atoms with Crippen LogP contribution in [-0.2, 0) is 10.0 Å². The van der Waals surface area contributed by atoms with E-state index in [4.69, 9.17) is 5.14 Å². The fraction of sp³-hybridized carbons (Fsp3) is 0. The number of benzene rings is 3. The third-order valence-electron chi connectivity index (χ3n) is 4.10. The lowest BCUT2D eigenvalue weighted by Gasteiger charge is -2.10. The van der Waals surface area contributed by atoms with Gasteiger partial charge in [0, 0.05) is 17.6 Å². The number of anilines is 4. The van der Waals surface area contributed by atoms with Gasteiger partial charge in [0.05, 0.1) is 4.90 Å². The summed E-state index contributed by atoms with van der Waals surface area (Å²) >= 11 is 0. The molecule has 0 aliphatic heterocycles. The molecule has 0 spiro atoms. The molecule has 0 saturated heterocycles. The third-order valence-corrected chi connectivity index (χ3v) is 5.01. The molecule has 0 aliphatic carbocycles. The summed E-state index contributed by atoms with van der Waals surface area (Å²) in [6, 6.07) is 22.1. The number of fused-ring (bicyclic) bond motifs is 1. The van der Waals surface area contributed by atoms with Crippen LogP contribution in [0, 0.1) is 0 Å². The summed E-state index contributed by atoms with van der Waals surface area (Å²) in [5.74, 6) is 0.938. The summed E-state index contributed by atoms with van der Waals surface area (Å²) < 4.78 is 23.0. The van der Waals surface area contributed by atoms with Gasteiger partial charge in [-0.1, -0.05) is 36.4 Å². The van der Waals surface area contributed by atoms with Gasteiger partial charge in [-0.2, -0.15) is 4.98 Å². The van der Waals surface area contributed by atoms with Crippen molar-refractivity contribution in [2.45, 2.75) is 4.90 Å². The van der Waals surface area contributed by atoms with Gasteiger partial charge in [-0.15, -0.1) is 0 Å². The van der Waals surface area contributed by atoms with E-state index in [0.717, 1.165) is 16.5 Å². The lowest BCUT2D eigenvalue weighted by Crippen LogP contribution is -2.12. The Labute approximate surface area is 162 Å². The van der Waals surface area contributed by atoms with Crippen LogP contribution in [0.1, 0.15) is 0 Å². The summed E-state index contributed by atoms with van der Waals surface area (Å²) in [7, 11) is -3.78. The molecule has 1 aromatic heterocycles. The molecule has 8 heteroatoms. The van der Waals surface area contributed by atoms with Gasteiger partial charge < -0.3 is 10.6 Å². The molecule has 4 rings (SSSR count). The predicted molar refractivity (Wildman–Crippen MR) is 110 cm³/mol. The summed E-state index contributed by atoms with van der Waals surface area (Å²) in [6.45, 7) is 0.